The predicted octanol–water partition coefficient (Wildman–Crippen LogP) is 3.07. The molecule has 2 fully saturated rings. The van der Waals surface area contributed by atoms with E-state index in [0.29, 0.717) is 39.1 Å². The number of nitrogens with zero attached hydrogens (tertiary/aromatic N) is 2. The van der Waals surface area contributed by atoms with Crippen molar-refractivity contribution in [2.24, 2.45) is 5.41 Å². The van der Waals surface area contributed by atoms with Gasteiger partial charge in [-0.3, -0.25) is 9.78 Å². The van der Waals surface area contributed by atoms with Crippen molar-refractivity contribution in [1.82, 2.24) is 9.88 Å². The number of likely N-dealkylation sites (tertiary alicyclic amines) is 1. The van der Waals surface area contributed by atoms with Gasteiger partial charge in [-0.2, -0.15) is 0 Å². The van der Waals surface area contributed by atoms with Gasteiger partial charge >= 0.3 is 0 Å². The SMILES string of the molecule is O=C(N1CCC(O)CC1)C1(Cc2cccc(-c3cccnc3)c2)CCOCC1. The Hall–Kier alpha value is -2.24. The topological polar surface area (TPSA) is 62.7 Å². The first-order valence-corrected chi connectivity index (χ1v) is 10.2. The van der Waals surface area contributed by atoms with Crippen LogP contribution in [0.2, 0.25) is 0 Å². The van der Waals surface area contributed by atoms with Gasteiger partial charge in [-0.25, -0.2) is 0 Å². The maximum Gasteiger partial charge on any atom is 0.229 e. The van der Waals surface area contributed by atoms with E-state index < -0.39 is 5.41 Å². The number of benzene rings is 1. The van der Waals surface area contributed by atoms with Crippen LogP contribution in [-0.2, 0) is 16.0 Å². The first kappa shape index (κ1) is 19.1. The molecule has 0 atom stereocenters. The van der Waals surface area contributed by atoms with Crippen LogP contribution in [-0.4, -0.2) is 53.3 Å². The molecule has 28 heavy (non-hydrogen) atoms. The van der Waals surface area contributed by atoms with Crippen molar-refractivity contribution in [2.45, 2.75) is 38.2 Å². The van der Waals surface area contributed by atoms with Gasteiger partial charge in [0.05, 0.1) is 11.5 Å². The van der Waals surface area contributed by atoms with Gasteiger partial charge in [-0.15, -0.1) is 0 Å². The molecule has 1 aromatic carbocycles. The summed E-state index contributed by atoms with van der Waals surface area (Å²) < 4.78 is 5.59. The minimum absolute atomic E-state index is 0.231. The lowest BCUT2D eigenvalue weighted by atomic mass is 9.73. The Balaban J connectivity index is 1.58. The molecule has 0 unspecified atom stereocenters. The average Bonchev–Trinajstić information content (AvgIpc) is 2.75. The van der Waals surface area contributed by atoms with Crippen LogP contribution in [0.25, 0.3) is 11.1 Å². The number of aliphatic hydroxyl groups is 1. The fraction of sp³-hybridized carbons (Fsp3) is 0.478. The number of aliphatic hydroxyl groups excluding tert-OH is 1. The molecule has 1 N–H and O–H groups in total. The summed E-state index contributed by atoms with van der Waals surface area (Å²) in [6.45, 7) is 2.56. The summed E-state index contributed by atoms with van der Waals surface area (Å²) in [4.78, 5) is 19.7. The lowest BCUT2D eigenvalue weighted by Crippen LogP contribution is -2.51. The second-order valence-electron chi connectivity index (χ2n) is 8.03. The molecule has 2 aromatic rings. The number of carbonyl (C=O) groups is 1. The second kappa shape index (κ2) is 8.41. The Morgan fingerprint density at radius 1 is 1.14 bits per heavy atom. The number of piperidine rings is 1. The highest BCUT2D eigenvalue weighted by Gasteiger charge is 2.43. The van der Waals surface area contributed by atoms with Gasteiger partial charge in [0.25, 0.3) is 0 Å². The molecule has 148 valence electrons. The third-order valence-electron chi connectivity index (χ3n) is 6.12. The normalized spacial score (nSPS) is 20.1. The lowest BCUT2D eigenvalue weighted by molar-refractivity contribution is -0.150. The van der Waals surface area contributed by atoms with Crippen LogP contribution >= 0.6 is 0 Å². The molecule has 5 heteroatoms. The monoisotopic (exact) mass is 380 g/mol. The van der Waals surface area contributed by atoms with Gasteiger partial charge in [0.1, 0.15) is 0 Å². The van der Waals surface area contributed by atoms with Crippen molar-refractivity contribution in [1.29, 1.82) is 0 Å². The van der Waals surface area contributed by atoms with E-state index >= 15 is 0 Å². The molecule has 2 saturated heterocycles. The molecule has 0 spiro atoms. The molecule has 1 aromatic heterocycles. The van der Waals surface area contributed by atoms with Crippen LogP contribution < -0.4 is 0 Å². The van der Waals surface area contributed by atoms with Crippen molar-refractivity contribution in [3.8, 4) is 11.1 Å². The Bertz CT molecular complexity index is 795. The quantitative estimate of drug-likeness (QED) is 0.885. The first-order chi connectivity index (χ1) is 13.7. The Morgan fingerprint density at radius 2 is 1.89 bits per heavy atom. The van der Waals surface area contributed by atoms with Gasteiger partial charge in [-0.1, -0.05) is 30.3 Å². The van der Waals surface area contributed by atoms with E-state index in [1.54, 1.807) is 6.20 Å². The molecule has 0 saturated carbocycles. The lowest BCUT2D eigenvalue weighted by Gasteiger charge is -2.41. The second-order valence-corrected chi connectivity index (χ2v) is 8.03. The van der Waals surface area contributed by atoms with Crippen LogP contribution in [0.3, 0.4) is 0 Å². The summed E-state index contributed by atoms with van der Waals surface area (Å²) in [5.74, 6) is 0.231. The Kier molecular flexibility index (Phi) is 5.74. The van der Waals surface area contributed by atoms with E-state index in [0.717, 1.165) is 30.4 Å². The van der Waals surface area contributed by atoms with E-state index in [-0.39, 0.29) is 12.0 Å². The van der Waals surface area contributed by atoms with Crippen molar-refractivity contribution >= 4 is 5.91 Å². The van der Waals surface area contributed by atoms with Gasteiger partial charge in [0.2, 0.25) is 5.91 Å². The number of aromatic nitrogens is 1. The van der Waals surface area contributed by atoms with Crippen molar-refractivity contribution in [2.75, 3.05) is 26.3 Å². The van der Waals surface area contributed by atoms with Gasteiger partial charge in [0.15, 0.2) is 0 Å². The third-order valence-corrected chi connectivity index (χ3v) is 6.12. The summed E-state index contributed by atoms with van der Waals surface area (Å²) in [7, 11) is 0. The molecule has 4 rings (SSSR count). The van der Waals surface area contributed by atoms with Crippen LogP contribution in [0.1, 0.15) is 31.2 Å². The number of hydrogen-bond acceptors (Lipinski definition) is 4. The number of pyridine rings is 1. The number of ether oxygens (including phenoxy) is 1. The van der Waals surface area contributed by atoms with Crippen molar-refractivity contribution in [3.05, 3.63) is 54.4 Å². The molecular weight excluding hydrogens is 352 g/mol. The van der Waals surface area contributed by atoms with E-state index in [1.165, 1.54) is 5.56 Å². The minimum Gasteiger partial charge on any atom is -0.393 e. The standard InChI is InChI=1S/C23H28N2O3/c26-21-6-11-25(12-7-21)22(27)23(8-13-28-14-9-23)16-18-3-1-4-19(15-18)20-5-2-10-24-17-20/h1-5,10,15,17,21,26H,6-9,11-14,16H2. The highest BCUT2D eigenvalue weighted by molar-refractivity contribution is 5.83. The molecular formula is C23H28N2O3. The Labute approximate surface area is 166 Å². The molecule has 0 aliphatic carbocycles. The molecule has 3 heterocycles. The zero-order valence-electron chi connectivity index (χ0n) is 16.2. The summed E-state index contributed by atoms with van der Waals surface area (Å²) in [5.41, 5.74) is 2.98. The smallest absolute Gasteiger partial charge is 0.229 e. The zero-order valence-corrected chi connectivity index (χ0v) is 16.2. The largest absolute Gasteiger partial charge is 0.393 e. The van der Waals surface area contributed by atoms with Crippen LogP contribution in [0.15, 0.2) is 48.8 Å². The molecule has 0 bridgehead atoms. The van der Waals surface area contributed by atoms with E-state index in [2.05, 4.69) is 35.3 Å². The maximum absolute atomic E-state index is 13.5. The number of rotatable bonds is 4. The Morgan fingerprint density at radius 3 is 2.61 bits per heavy atom. The molecule has 5 nitrogen and oxygen atoms in total. The van der Waals surface area contributed by atoms with Gasteiger partial charge in [-0.05, 0) is 54.9 Å². The summed E-state index contributed by atoms with van der Waals surface area (Å²) in [6.07, 6.45) is 6.95. The molecule has 2 aliphatic heterocycles. The number of amides is 1. The van der Waals surface area contributed by atoms with Crippen molar-refractivity contribution < 1.29 is 14.6 Å². The van der Waals surface area contributed by atoms with Crippen LogP contribution in [0, 0.1) is 5.41 Å². The molecule has 0 radical (unpaired) electrons. The number of hydrogen-bond donors (Lipinski definition) is 1. The van der Waals surface area contributed by atoms with Gasteiger partial charge in [0, 0.05) is 38.7 Å². The minimum atomic E-state index is -0.409. The van der Waals surface area contributed by atoms with Crippen LogP contribution in [0.4, 0.5) is 0 Å². The predicted molar refractivity (Wildman–Crippen MR) is 108 cm³/mol. The maximum atomic E-state index is 13.5. The third kappa shape index (κ3) is 4.10. The highest BCUT2D eigenvalue weighted by atomic mass is 16.5. The molecule has 2 aliphatic rings. The van der Waals surface area contributed by atoms with E-state index in [4.69, 9.17) is 4.74 Å². The summed E-state index contributed by atoms with van der Waals surface area (Å²) >= 11 is 0. The van der Waals surface area contributed by atoms with Crippen molar-refractivity contribution in [3.63, 3.8) is 0 Å². The fourth-order valence-electron chi connectivity index (χ4n) is 4.42. The highest BCUT2D eigenvalue weighted by Crippen LogP contribution is 2.38. The first-order valence-electron chi connectivity index (χ1n) is 10.2. The van der Waals surface area contributed by atoms with Gasteiger partial charge < -0.3 is 14.7 Å². The average molecular weight is 380 g/mol. The van der Waals surface area contributed by atoms with Crippen LogP contribution in [0.5, 0.6) is 0 Å². The number of carbonyl (C=O) groups excluding carboxylic acids is 1. The van der Waals surface area contributed by atoms with E-state index in [1.807, 2.05) is 17.2 Å². The fourth-order valence-corrected chi connectivity index (χ4v) is 4.42. The molecule has 1 amide bonds. The van der Waals surface area contributed by atoms with E-state index in [9.17, 15) is 9.90 Å². The summed E-state index contributed by atoms with van der Waals surface area (Å²) in [6, 6.07) is 12.4. The summed E-state index contributed by atoms with van der Waals surface area (Å²) in [5, 5.41) is 9.79. The zero-order chi connectivity index (χ0) is 19.4.